The minimum absolute atomic E-state index is 0.0556. The highest BCUT2D eigenvalue weighted by Crippen LogP contribution is 2.46. The molecule has 10 rings (SSSR count). The standard InChI is InChI=1S/C58H54N4O/c1-56(2,3)42-22-16-23-45(34-42)60-39-61(52-27-15-14-26-51(52)60)46-24-17-25-47(37-46)63-48-29-31-50-49-30-28-43(57(4,5)40-18-10-8-11-19-40)35-53(49)62(54(50)38-48)55-36-44(32-33-59-55)58(6,7)41-20-12-9-13-21-41/h8-38H,39H2,1-7H3. The lowest BCUT2D eigenvalue weighted by molar-refractivity contribution is 0.483. The van der Waals surface area contributed by atoms with E-state index < -0.39 is 0 Å². The second-order valence-electron chi connectivity index (χ2n) is 19.0. The van der Waals surface area contributed by atoms with E-state index in [-0.39, 0.29) is 16.2 Å². The van der Waals surface area contributed by atoms with Crippen molar-refractivity contribution in [2.24, 2.45) is 0 Å². The van der Waals surface area contributed by atoms with E-state index in [0.717, 1.165) is 39.4 Å². The molecule has 0 saturated carbocycles. The molecule has 312 valence electrons. The van der Waals surface area contributed by atoms with Crippen molar-refractivity contribution < 1.29 is 4.74 Å². The van der Waals surface area contributed by atoms with E-state index in [9.17, 15) is 0 Å². The fraction of sp³-hybridized carbons (Fsp3) is 0.190. The zero-order valence-electron chi connectivity index (χ0n) is 37.3. The summed E-state index contributed by atoms with van der Waals surface area (Å²) < 4.78 is 9.15. The van der Waals surface area contributed by atoms with Crippen LogP contribution in [0.5, 0.6) is 11.5 Å². The minimum atomic E-state index is -0.235. The smallest absolute Gasteiger partial charge is 0.137 e. The monoisotopic (exact) mass is 822 g/mol. The van der Waals surface area contributed by atoms with Crippen molar-refractivity contribution in [3.05, 3.63) is 216 Å². The summed E-state index contributed by atoms with van der Waals surface area (Å²) in [7, 11) is 0. The van der Waals surface area contributed by atoms with Gasteiger partial charge < -0.3 is 14.5 Å². The van der Waals surface area contributed by atoms with Crippen molar-refractivity contribution >= 4 is 44.6 Å². The van der Waals surface area contributed by atoms with Crippen LogP contribution in [0.2, 0.25) is 0 Å². The van der Waals surface area contributed by atoms with Crippen LogP contribution in [-0.2, 0) is 16.2 Å². The molecule has 0 atom stereocenters. The number of ether oxygens (including phenoxy) is 1. The molecule has 0 spiro atoms. The summed E-state index contributed by atoms with van der Waals surface area (Å²) in [4.78, 5) is 9.86. The van der Waals surface area contributed by atoms with Crippen molar-refractivity contribution in [2.45, 2.75) is 64.7 Å². The predicted octanol–water partition coefficient (Wildman–Crippen LogP) is 15.2. The highest BCUT2D eigenvalue weighted by molar-refractivity contribution is 6.09. The number of benzene rings is 7. The molecule has 1 aliphatic rings. The lowest BCUT2D eigenvalue weighted by Gasteiger charge is -2.27. The Morgan fingerprint density at radius 1 is 0.429 bits per heavy atom. The zero-order valence-corrected chi connectivity index (χ0v) is 37.3. The fourth-order valence-electron chi connectivity index (χ4n) is 9.32. The third-order valence-corrected chi connectivity index (χ3v) is 13.3. The number of fused-ring (bicyclic) bond motifs is 4. The number of hydrogen-bond donors (Lipinski definition) is 0. The Bertz CT molecular complexity index is 3120. The molecule has 5 heteroatoms. The fourth-order valence-corrected chi connectivity index (χ4v) is 9.32. The molecule has 2 aromatic heterocycles. The van der Waals surface area contributed by atoms with E-state index in [1.54, 1.807) is 0 Å². The normalized spacial score (nSPS) is 13.2. The highest BCUT2D eigenvalue weighted by Gasteiger charge is 2.30. The predicted molar refractivity (Wildman–Crippen MR) is 263 cm³/mol. The Labute approximate surface area is 371 Å². The van der Waals surface area contributed by atoms with E-state index in [4.69, 9.17) is 9.72 Å². The van der Waals surface area contributed by atoms with Gasteiger partial charge in [0.1, 0.15) is 24.0 Å². The minimum Gasteiger partial charge on any atom is -0.457 e. The summed E-state index contributed by atoms with van der Waals surface area (Å²) in [5, 5.41) is 2.32. The largest absolute Gasteiger partial charge is 0.457 e. The maximum absolute atomic E-state index is 6.82. The zero-order chi connectivity index (χ0) is 43.5. The van der Waals surface area contributed by atoms with Crippen molar-refractivity contribution in [3.63, 3.8) is 0 Å². The number of para-hydroxylation sites is 2. The van der Waals surface area contributed by atoms with E-state index in [1.807, 2.05) is 12.3 Å². The SMILES string of the molecule is CC(C)(C)c1cccc(N2CN(c3cccc(Oc4ccc5c6ccc(C(C)(C)c7ccccc7)cc6n(-c6cc(C(C)(C)c7ccccc7)ccn6)c5c4)c3)c3ccccc32)c1. The van der Waals surface area contributed by atoms with E-state index in [1.165, 1.54) is 50.3 Å². The van der Waals surface area contributed by atoms with Crippen molar-refractivity contribution in [1.29, 1.82) is 0 Å². The van der Waals surface area contributed by atoms with Gasteiger partial charge in [-0.25, -0.2) is 4.98 Å². The van der Waals surface area contributed by atoms with Crippen LogP contribution in [-0.4, -0.2) is 16.2 Å². The molecule has 0 bridgehead atoms. The van der Waals surface area contributed by atoms with Gasteiger partial charge >= 0.3 is 0 Å². The lowest BCUT2D eigenvalue weighted by Crippen LogP contribution is -2.24. The Hall–Kier alpha value is -7.11. The van der Waals surface area contributed by atoms with Crippen LogP contribution in [0.25, 0.3) is 27.6 Å². The quantitative estimate of drug-likeness (QED) is 0.145. The molecule has 0 unspecified atom stereocenters. The Morgan fingerprint density at radius 2 is 0.952 bits per heavy atom. The van der Waals surface area contributed by atoms with Gasteiger partial charge in [-0.2, -0.15) is 0 Å². The summed E-state index contributed by atoms with van der Waals surface area (Å²) in [6.45, 7) is 16.7. The summed E-state index contributed by atoms with van der Waals surface area (Å²) in [5.74, 6) is 2.41. The summed E-state index contributed by atoms with van der Waals surface area (Å²) in [6, 6.07) is 65.4. The van der Waals surface area contributed by atoms with Gasteiger partial charge in [-0.3, -0.25) is 4.57 Å². The van der Waals surface area contributed by atoms with E-state index in [0.29, 0.717) is 6.67 Å². The van der Waals surface area contributed by atoms with Crippen LogP contribution in [0, 0.1) is 0 Å². The third kappa shape index (κ3) is 7.21. The molecule has 7 aromatic carbocycles. The van der Waals surface area contributed by atoms with Crippen LogP contribution < -0.4 is 14.5 Å². The highest BCUT2D eigenvalue weighted by atomic mass is 16.5. The second kappa shape index (κ2) is 15.4. The van der Waals surface area contributed by atoms with Gasteiger partial charge in [0.15, 0.2) is 0 Å². The van der Waals surface area contributed by atoms with Gasteiger partial charge in [0.2, 0.25) is 0 Å². The second-order valence-corrected chi connectivity index (χ2v) is 19.0. The van der Waals surface area contributed by atoms with Gasteiger partial charge in [-0.1, -0.05) is 152 Å². The van der Waals surface area contributed by atoms with Crippen LogP contribution in [0.1, 0.15) is 76.3 Å². The number of nitrogens with zero attached hydrogens (tertiary/aromatic N) is 4. The maximum atomic E-state index is 6.82. The summed E-state index contributed by atoms with van der Waals surface area (Å²) in [5.41, 5.74) is 12.6. The van der Waals surface area contributed by atoms with Crippen molar-refractivity contribution in [3.8, 4) is 17.3 Å². The third-order valence-electron chi connectivity index (χ3n) is 13.3. The van der Waals surface area contributed by atoms with Crippen LogP contribution in [0.3, 0.4) is 0 Å². The molecule has 0 saturated heterocycles. The Balaban J connectivity index is 1.05. The number of anilines is 4. The lowest BCUT2D eigenvalue weighted by atomic mass is 9.78. The molecule has 9 aromatic rings. The molecule has 0 N–H and O–H groups in total. The van der Waals surface area contributed by atoms with Crippen molar-refractivity contribution in [2.75, 3.05) is 16.5 Å². The molecular weight excluding hydrogens is 769 g/mol. The van der Waals surface area contributed by atoms with Gasteiger partial charge in [-0.05, 0) is 100.0 Å². The first kappa shape index (κ1) is 40.0. The molecule has 0 fully saturated rings. The average molecular weight is 823 g/mol. The van der Waals surface area contributed by atoms with E-state index in [2.05, 4.69) is 239 Å². The topological polar surface area (TPSA) is 33.5 Å². The van der Waals surface area contributed by atoms with Crippen LogP contribution in [0.4, 0.5) is 22.7 Å². The molecule has 63 heavy (non-hydrogen) atoms. The average Bonchev–Trinajstić information content (AvgIpc) is 3.85. The molecule has 0 radical (unpaired) electrons. The number of pyridine rings is 1. The van der Waals surface area contributed by atoms with E-state index >= 15 is 0 Å². The summed E-state index contributed by atoms with van der Waals surface area (Å²) in [6.07, 6.45) is 1.95. The van der Waals surface area contributed by atoms with Gasteiger partial charge in [0.25, 0.3) is 0 Å². The van der Waals surface area contributed by atoms with Gasteiger partial charge in [0.05, 0.1) is 22.4 Å². The molecule has 5 nitrogen and oxygen atoms in total. The Kier molecular flexibility index (Phi) is 9.75. The molecular formula is C58H54N4O. The van der Waals surface area contributed by atoms with Crippen LogP contribution in [0.15, 0.2) is 188 Å². The Morgan fingerprint density at radius 3 is 1.59 bits per heavy atom. The number of hydrogen-bond acceptors (Lipinski definition) is 4. The molecule has 1 aliphatic heterocycles. The number of rotatable bonds is 9. The van der Waals surface area contributed by atoms with Crippen LogP contribution >= 0.6 is 0 Å². The van der Waals surface area contributed by atoms with Crippen molar-refractivity contribution in [1.82, 2.24) is 9.55 Å². The molecule has 0 aliphatic carbocycles. The first-order chi connectivity index (χ1) is 30.4. The first-order valence-corrected chi connectivity index (χ1v) is 22.1. The van der Waals surface area contributed by atoms with Gasteiger partial charge in [-0.15, -0.1) is 0 Å². The summed E-state index contributed by atoms with van der Waals surface area (Å²) >= 11 is 0. The first-order valence-electron chi connectivity index (χ1n) is 22.1. The number of aromatic nitrogens is 2. The maximum Gasteiger partial charge on any atom is 0.137 e. The molecule has 3 heterocycles. The molecule has 0 amide bonds. The van der Waals surface area contributed by atoms with Gasteiger partial charge in [0, 0.05) is 51.3 Å².